The number of halogens is 1. The van der Waals surface area contributed by atoms with Gasteiger partial charge in [0.25, 0.3) is 0 Å². The van der Waals surface area contributed by atoms with Crippen LogP contribution >= 0.6 is 11.6 Å². The molecule has 0 atom stereocenters. The zero-order chi connectivity index (χ0) is 14.7. The van der Waals surface area contributed by atoms with Crippen LogP contribution in [0, 0.1) is 0 Å². The Balaban J connectivity index is 1.80. The fourth-order valence-corrected chi connectivity index (χ4v) is 2.80. The Kier molecular flexibility index (Phi) is 4.11. The molecule has 1 N–H and O–H groups in total. The van der Waals surface area contributed by atoms with Gasteiger partial charge in [-0.3, -0.25) is 4.79 Å². The van der Waals surface area contributed by atoms with E-state index in [1.807, 2.05) is 53.4 Å². The van der Waals surface area contributed by atoms with Crippen molar-refractivity contribution in [1.82, 2.24) is 0 Å². The van der Waals surface area contributed by atoms with Crippen LogP contribution in [0.3, 0.4) is 0 Å². The Morgan fingerprint density at radius 1 is 1.10 bits per heavy atom. The lowest BCUT2D eigenvalue weighted by Crippen LogP contribution is -2.24. The van der Waals surface area contributed by atoms with Crippen LogP contribution in [-0.2, 0) is 11.3 Å². The second-order valence-corrected chi connectivity index (χ2v) is 5.52. The maximum absolute atomic E-state index is 11.9. The largest absolute Gasteiger partial charge is 0.379 e. The Morgan fingerprint density at radius 2 is 1.86 bits per heavy atom. The number of anilines is 2. The van der Waals surface area contributed by atoms with Gasteiger partial charge >= 0.3 is 0 Å². The molecule has 3 rings (SSSR count). The topological polar surface area (TPSA) is 32.3 Å². The van der Waals surface area contributed by atoms with Crippen LogP contribution in [0.4, 0.5) is 11.4 Å². The average molecular weight is 301 g/mol. The molecular formula is C17H17ClN2O. The molecule has 0 aromatic heterocycles. The van der Waals surface area contributed by atoms with Crippen molar-refractivity contribution >= 4 is 28.9 Å². The summed E-state index contributed by atoms with van der Waals surface area (Å²) in [6.45, 7) is 1.43. The van der Waals surface area contributed by atoms with Gasteiger partial charge in [0.2, 0.25) is 5.91 Å². The smallest absolute Gasteiger partial charge is 0.227 e. The number of hydrogen-bond acceptors (Lipinski definition) is 2. The Morgan fingerprint density at radius 3 is 2.62 bits per heavy atom. The molecule has 0 radical (unpaired) electrons. The van der Waals surface area contributed by atoms with Crippen LogP contribution < -0.4 is 10.2 Å². The SMILES string of the molecule is O=C1CCCN1c1ccccc1NCc1ccccc1Cl. The molecule has 2 aromatic carbocycles. The lowest BCUT2D eigenvalue weighted by Gasteiger charge is -2.20. The lowest BCUT2D eigenvalue weighted by molar-refractivity contribution is -0.117. The number of hydrogen-bond donors (Lipinski definition) is 1. The molecular weight excluding hydrogens is 284 g/mol. The van der Waals surface area contributed by atoms with E-state index in [1.54, 1.807) is 0 Å². The molecule has 1 aliphatic rings. The number of nitrogens with one attached hydrogen (secondary N) is 1. The molecule has 0 aliphatic carbocycles. The molecule has 3 nitrogen and oxygen atoms in total. The molecule has 1 aliphatic heterocycles. The average Bonchev–Trinajstić information content (AvgIpc) is 2.93. The number of carbonyl (C=O) groups is 1. The maximum atomic E-state index is 11.9. The molecule has 0 spiro atoms. The van der Waals surface area contributed by atoms with Crippen molar-refractivity contribution in [2.24, 2.45) is 0 Å². The van der Waals surface area contributed by atoms with Crippen molar-refractivity contribution in [2.75, 3.05) is 16.8 Å². The van der Waals surface area contributed by atoms with E-state index < -0.39 is 0 Å². The minimum absolute atomic E-state index is 0.196. The van der Waals surface area contributed by atoms with Gasteiger partial charge in [-0.2, -0.15) is 0 Å². The summed E-state index contributed by atoms with van der Waals surface area (Å²) in [5.74, 6) is 0.196. The summed E-state index contributed by atoms with van der Waals surface area (Å²) in [5.41, 5.74) is 2.96. The van der Waals surface area contributed by atoms with Crippen LogP contribution in [0.5, 0.6) is 0 Å². The van der Waals surface area contributed by atoms with Gasteiger partial charge in [0, 0.05) is 24.5 Å². The molecule has 108 valence electrons. The number of para-hydroxylation sites is 2. The van der Waals surface area contributed by atoms with Gasteiger partial charge in [-0.25, -0.2) is 0 Å². The lowest BCUT2D eigenvalue weighted by atomic mass is 10.2. The number of benzene rings is 2. The Bertz CT molecular complexity index is 657. The van der Waals surface area contributed by atoms with E-state index in [9.17, 15) is 4.79 Å². The van der Waals surface area contributed by atoms with Crippen LogP contribution in [0.25, 0.3) is 0 Å². The molecule has 21 heavy (non-hydrogen) atoms. The first kappa shape index (κ1) is 14.0. The van der Waals surface area contributed by atoms with Crippen LogP contribution in [0.15, 0.2) is 48.5 Å². The summed E-state index contributed by atoms with van der Waals surface area (Å²) in [7, 11) is 0. The molecule has 1 saturated heterocycles. The fraction of sp³-hybridized carbons (Fsp3) is 0.235. The second-order valence-electron chi connectivity index (χ2n) is 5.11. The van der Waals surface area contributed by atoms with Crippen molar-refractivity contribution in [1.29, 1.82) is 0 Å². The third-order valence-corrected chi connectivity index (χ3v) is 4.06. The van der Waals surface area contributed by atoms with Gasteiger partial charge in [0.05, 0.1) is 11.4 Å². The Hall–Kier alpha value is -2.00. The summed E-state index contributed by atoms with van der Waals surface area (Å²) in [5, 5.41) is 4.14. The van der Waals surface area contributed by atoms with E-state index in [4.69, 9.17) is 11.6 Å². The predicted molar refractivity (Wildman–Crippen MR) is 86.8 cm³/mol. The van der Waals surface area contributed by atoms with Crippen LogP contribution in [-0.4, -0.2) is 12.5 Å². The van der Waals surface area contributed by atoms with E-state index in [0.29, 0.717) is 13.0 Å². The highest BCUT2D eigenvalue weighted by Gasteiger charge is 2.23. The molecule has 4 heteroatoms. The summed E-state index contributed by atoms with van der Waals surface area (Å²) in [6.07, 6.45) is 1.57. The monoisotopic (exact) mass is 300 g/mol. The van der Waals surface area contributed by atoms with E-state index in [-0.39, 0.29) is 5.91 Å². The molecule has 1 fully saturated rings. The van der Waals surface area contributed by atoms with Crippen molar-refractivity contribution in [3.05, 3.63) is 59.1 Å². The molecule has 0 saturated carbocycles. The highest BCUT2D eigenvalue weighted by atomic mass is 35.5. The van der Waals surface area contributed by atoms with Crippen molar-refractivity contribution in [3.8, 4) is 0 Å². The second kappa shape index (κ2) is 6.19. The molecule has 1 amide bonds. The standard InChI is InChI=1S/C17H17ClN2O/c18-14-7-2-1-6-13(14)12-19-15-8-3-4-9-16(15)20-11-5-10-17(20)21/h1-4,6-9,19H,5,10-12H2. The highest BCUT2D eigenvalue weighted by molar-refractivity contribution is 6.31. The summed E-state index contributed by atoms with van der Waals surface area (Å²) in [4.78, 5) is 13.8. The minimum Gasteiger partial charge on any atom is -0.379 e. The van der Waals surface area contributed by atoms with Crippen molar-refractivity contribution in [2.45, 2.75) is 19.4 Å². The van der Waals surface area contributed by atoms with E-state index in [1.165, 1.54) is 0 Å². The van der Waals surface area contributed by atoms with Crippen LogP contribution in [0.2, 0.25) is 5.02 Å². The maximum Gasteiger partial charge on any atom is 0.227 e. The van der Waals surface area contributed by atoms with Gasteiger partial charge in [-0.05, 0) is 30.2 Å². The summed E-state index contributed by atoms with van der Waals surface area (Å²) in [6, 6.07) is 15.7. The number of amides is 1. The van der Waals surface area contributed by atoms with Gasteiger partial charge in [-0.1, -0.05) is 41.9 Å². The first-order valence-electron chi connectivity index (χ1n) is 7.12. The molecule has 0 unspecified atom stereocenters. The summed E-state index contributed by atoms with van der Waals surface area (Å²) >= 11 is 6.18. The van der Waals surface area contributed by atoms with Crippen molar-refractivity contribution in [3.63, 3.8) is 0 Å². The van der Waals surface area contributed by atoms with Gasteiger partial charge in [0.1, 0.15) is 0 Å². The molecule has 0 bridgehead atoms. The first-order valence-corrected chi connectivity index (χ1v) is 7.50. The first-order chi connectivity index (χ1) is 10.3. The van der Waals surface area contributed by atoms with E-state index in [2.05, 4.69) is 5.32 Å². The zero-order valence-corrected chi connectivity index (χ0v) is 12.4. The predicted octanol–water partition coefficient (Wildman–Crippen LogP) is 4.08. The summed E-state index contributed by atoms with van der Waals surface area (Å²) < 4.78 is 0. The third kappa shape index (κ3) is 3.03. The quantitative estimate of drug-likeness (QED) is 0.923. The van der Waals surface area contributed by atoms with E-state index in [0.717, 1.165) is 34.9 Å². The normalized spacial score (nSPS) is 14.5. The van der Waals surface area contributed by atoms with Gasteiger partial charge < -0.3 is 10.2 Å². The fourth-order valence-electron chi connectivity index (χ4n) is 2.59. The Labute approximate surface area is 129 Å². The van der Waals surface area contributed by atoms with Crippen molar-refractivity contribution < 1.29 is 4.79 Å². The third-order valence-electron chi connectivity index (χ3n) is 3.70. The van der Waals surface area contributed by atoms with E-state index >= 15 is 0 Å². The van der Waals surface area contributed by atoms with Gasteiger partial charge in [0.15, 0.2) is 0 Å². The number of rotatable bonds is 4. The number of carbonyl (C=O) groups excluding carboxylic acids is 1. The molecule has 2 aromatic rings. The van der Waals surface area contributed by atoms with Gasteiger partial charge in [-0.15, -0.1) is 0 Å². The minimum atomic E-state index is 0.196. The molecule has 1 heterocycles. The van der Waals surface area contributed by atoms with Crippen LogP contribution in [0.1, 0.15) is 18.4 Å². The highest BCUT2D eigenvalue weighted by Crippen LogP contribution is 2.30. The number of nitrogens with zero attached hydrogens (tertiary/aromatic N) is 1. The zero-order valence-electron chi connectivity index (χ0n) is 11.7.